The molecule has 1 heterocycles. The lowest BCUT2D eigenvalue weighted by atomic mass is 9.72. The lowest BCUT2D eigenvalue weighted by molar-refractivity contribution is -0.139. The maximum atomic E-state index is 12.9. The van der Waals surface area contributed by atoms with Crippen LogP contribution in [0.2, 0.25) is 0 Å². The van der Waals surface area contributed by atoms with Crippen LogP contribution in [0.15, 0.2) is 24.3 Å². The summed E-state index contributed by atoms with van der Waals surface area (Å²) in [6.07, 6.45) is 7.04. The molecule has 0 saturated carbocycles. The molecule has 0 fully saturated rings. The van der Waals surface area contributed by atoms with E-state index in [1.165, 1.54) is 5.56 Å². The van der Waals surface area contributed by atoms with Crippen molar-refractivity contribution in [3.8, 4) is 11.5 Å². The van der Waals surface area contributed by atoms with Gasteiger partial charge in [-0.2, -0.15) is 0 Å². The molecule has 148 valence electrons. The second kappa shape index (κ2) is 7.93. The molecule has 1 aromatic rings. The molecular weight excluding hydrogens is 340 g/mol. The number of benzene rings is 1. The summed E-state index contributed by atoms with van der Waals surface area (Å²) in [4.78, 5) is 14.8. The zero-order valence-electron chi connectivity index (χ0n) is 16.9. The van der Waals surface area contributed by atoms with E-state index in [2.05, 4.69) is 24.4 Å². The van der Waals surface area contributed by atoms with Gasteiger partial charge in [-0.1, -0.05) is 12.2 Å². The largest absolute Gasteiger partial charge is 0.504 e. The Labute approximate surface area is 162 Å². The van der Waals surface area contributed by atoms with Crippen LogP contribution in [0, 0.1) is 11.3 Å². The summed E-state index contributed by atoms with van der Waals surface area (Å²) in [5.74, 6) is 1.26. The second-order valence-electron chi connectivity index (χ2n) is 7.86. The van der Waals surface area contributed by atoms with Crippen molar-refractivity contribution in [1.29, 1.82) is 0 Å². The molecule has 5 heteroatoms. The zero-order chi connectivity index (χ0) is 19.6. The van der Waals surface area contributed by atoms with Gasteiger partial charge in [0.25, 0.3) is 0 Å². The number of hydrogen-bond acceptors (Lipinski definition) is 4. The van der Waals surface area contributed by atoms with Gasteiger partial charge in [-0.3, -0.25) is 4.79 Å². The first kappa shape index (κ1) is 19.7. The molecule has 3 atom stereocenters. The van der Waals surface area contributed by atoms with E-state index in [1.54, 1.807) is 7.11 Å². The zero-order valence-corrected chi connectivity index (χ0v) is 16.9. The van der Waals surface area contributed by atoms with Gasteiger partial charge in [-0.15, -0.1) is 0 Å². The molecule has 0 radical (unpaired) electrons. The highest BCUT2D eigenvalue weighted by Gasteiger charge is 2.38. The third kappa shape index (κ3) is 3.70. The Bertz CT molecular complexity index is 727. The maximum Gasteiger partial charge on any atom is 0.232 e. The summed E-state index contributed by atoms with van der Waals surface area (Å²) in [5, 5.41) is 13.8. The molecular formula is C22H32N2O3. The Morgan fingerprint density at radius 1 is 1.37 bits per heavy atom. The van der Waals surface area contributed by atoms with Crippen LogP contribution < -0.4 is 10.1 Å². The summed E-state index contributed by atoms with van der Waals surface area (Å²) in [6, 6.07) is 3.96. The molecule has 0 bridgehead atoms. The number of carbonyl (C=O) groups is 1. The average molecular weight is 373 g/mol. The number of hydrogen-bond donors (Lipinski definition) is 2. The van der Waals surface area contributed by atoms with Crippen molar-refractivity contribution in [2.45, 2.75) is 46.1 Å². The SMILES string of the molecule is CCN(CC)C(=O)C1(C)C=CC(C2NCCc3cc(OC)c(O)cc32)CC1. The quantitative estimate of drug-likeness (QED) is 0.778. The Morgan fingerprint density at radius 3 is 2.70 bits per heavy atom. The fourth-order valence-corrected chi connectivity index (χ4v) is 4.46. The van der Waals surface area contributed by atoms with Crippen LogP contribution >= 0.6 is 0 Å². The smallest absolute Gasteiger partial charge is 0.232 e. The van der Waals surface area contributed by atoms with Gasteiger partial charge >= 0.3 is 0 Å². The Kier molecular flexibility index (Phi) is 5.80. The predicted molar refractivity (Wildman–Crippen MR) is 107 cm³/mol. The van der Waals surface area contributed by atoms with Crippen LogP contribution in [0.1, 0.15) is 50.8 Å². The highest BCUT2D eigenvalue weighted by Crippen LogP contribution is 2.43. The number of aromatic hydroxyl groups is 1. The Balaban J connectivity index is 1.83. The first-order valence-corrected chi connectivity index (χ1v) is 10.1. The number of methoxy groups -OCH3 is 1. The van der Waals surface area contributed by atoms with Crippen LogP contribution in [0.25, 0.3) is 0 Å². The number of nitrogens with one attached hydrogen (secondary N) is 1. The average Bonchev–Trinajstić information content (AvgIpc) is 2.68. The van der Waals surface area contributed by atoms with E-state index in [1.807, 2.05) is 30.9 Å². The minimum Gasteiger partial charge on any atom is -0.504 e. The monoisotopic (exact) mass is 372 g/mol. The lowest BCUT2D eigenvalue weighted by Gasteiger charge is -2.39. The first-order chi connectivity index (χ1) is 12.9. The van der Waals surface area contributed by atoms with E-state index in [-0.39, 0.29) is 17.7 Å². The van der Waals surface area contributed by atoms with Crippen molar-refractivity contribution >= 4 is 5.91 Å². The van der Waals surface area contributed by atoms with E-state index in [4.69, 9.17) is 4.74 Å². The Morgan fingerprint density at radius 2 is 2.11 bits per heavy atom. The van der Waals surface area contributed by atoms with E-state index >= 15 is 0 Å². The highest BCUT2D eigenvalue weighted by molar-refractivity contribution is 5.84. The predicted octanol–water partition coefficient (Wildman–Crippen LogP) is 3.43. The summed E-state index contributed by atoms with van der Waals surface area (Å²) < 4.78 is 5.26. The van der Waals surface area contributed by atoms with Crippen LogP contribution in [0.3, 0.4) is 0 Å². The molecule has 1 aliphatic carbocycles. The van der Waals surface area contributed by atoms with Crippen molar-refractivity contribution in [2.24, 2.45) is 11.3 Å². The standard InChI is InChI=1S/C22H32N2O3/c1-5-24(6-2)21(26)22(3)10-7-15(8-11-22)20-17-14-18(25)19(27-4)13-16(17)9-12-23-20/h7,10,13-15,20,23,25H,5-6,8-9,11-12H2,1-4H3. The summed E-state index contributed by atoms with van der Waals surface area (Å²) in [7, 11) is 1.58. The van der Waals surface area contributed by atoms with Gasteiger partial charge in [0, 0.05) is 19.1 Å². The fraction of sp³-hybridized carbons (Fsp3) is 0.591. The van der Waals surface area contributed by atoms with Crippen LogP contribution in [-0.4, -0.2) is 42.7 Å². The summed E-state index contributed by atoms with van der Waals surface area (Å²) in [6.45, 7) is 8.53. The van der Waals surface area contributed by atoms with Gasteiger partial charge in [0.15, 0.2) is 11.5 Å². The fourth-order valence-electron chi connectivity index (χ4n) is 4.46. The molecule has 2 N–H and O–H groups in total. The number of phenolic OH excluding ortho intramolecular Hbond substituents is 1. The molecule has 1 amide bonds. The van der Waals surface area contributed by atoms with Crippen molar-refractivity contribution in [3.05, 3.63) is 35.4 Å². The topological polar surface area (TPSA) is 61.8 Å². The molecule has 0 saturated heterocycles. The molecule has 5 nitrogen and oxygen atoms in total. The highest BCUT2D eigenvalue weighted by atomic mass is 16.5. The number of rotatable bonds is 5. The number of fused-ring (bicyclic) bond motifs is 1. The number of nitrogens with zero attached hydrogens (tertiary/aromatic N) is 1. The van der Waals surface area contributed by atoms with Gasteiger partial charge in [-0.25, -0.2) is 0 Å². The maximum absolute atomic E-state index is 12.9. The minimum atomic E-state index is -0.415. The normalized spacial score (nSPS) is 27.1. The van der Waals surface area contributed by atoms with Crippen LogP contribution in [0.5, 0.6) is 11.5 Å². The molecule has 3 unspecified atom stereocenters. The molecule has 1 aromatic carbocycles. The van der Waals surface area contributed by atoms with Crippen molar-refractivity contribution in [3.63, 3.8) is 0 Å². The molecule has 1 aliphatic heterocycles. The number of carbonyl (C=O) groups excluding carboxylic acids is 1. The minimum absolute atomic E-state index is 0.162. The first-order valence-electron chi connectivity index (χ1n) is 10.1. The number of ether oxygens (including phenoxy) is 1. The molecule has 27 heavy (non-hydrogen) atoms. The van der Waals surface area contributed by atoms with Crippen molar-refractivity contribution in [2.75, 3.05) is 26.7 Å². The molecule has 0 aromatic heterocycles. The lowest BCUT2D eigenvalue weighted by Crippen LogP contribution is -2.43. The summed E-state index contributed by atoms with van der Waals surface area (Å²) in [5.41, 5.74) is 1.96. The van der Waals surface area contributed by atoms with E-state index in [0.29, 0.717) is 11.7 Å². The Hall–Kier alpha value is -2.01. The van der Waals surface area contributed by atoms with Gasteiger partial charge in [0.05, 0.1) is 12.5 Å². The molecule has 2 aliphatic rings. The van der Waals surface area contributed by atoms with Crippen molar-refractivity contribution < 1.29 is 14.6 Å². The van der Waals surface area contributed by atoms with E-state index in [0.717, 1.165) is 44.5 Å². The third-order valence-electron chi connectivity index (χ3n) is 6.21. The second-order valence-corrected chi connectivity index (χ2v) is 7.86. The van der Waals surface area contributed by atoms with Gasteiger partial charge in [-0.05, 0) is 75.8 Å². The van der Waals surface area contributed by atoms with E-state index < -0.39 is 5.41 Å². The van der Waals surface area contributed by atoms with Crippen molar-refractivity contribution in [1.82, 2.24) is 10.2 Å². The third-order valence-corrected chi connectivity index (χ3v) is 6.21. The summed E-state index contributed by atoms with van der Waals surface area (Å²) >= 11 is 0. The van der Waals surface area contributed by atoms with Gasteiger partial charge in [0.2, 0.25) is 5.91 Å². The number of phenols is 1. The van der Waals surface area contributed by atoms with Crippen LogP contribution in [0.4, 0.5) is 0 Å². The molecule has 3 rings (SSSR count). The number of amides is 1. The molecule has 0 spiro atoms. The van der Waals surface area contributed by atoms with Crippen LogP contribution in [-0.2, 0) is 11.2 Å². The van der Waals surface area contributed by atoms with E-state index in [9.17, 15) is 9.90 Å². The van der Waals surface area contributed by atoms with Gasteiger partial charge < -0.3 is 20.1 Å². The van der Waals surface area contributed by atoms with Gasteiger partial charge in [0.1, 0.15) is 0 Å².